The molecule has 1 saturated heterocycles. The van der Waals surface area contributed by atoms with Crippen LogP contribution in [0.4, 0.5) is 4.39 Å². The fourth-order valence-electron chi connectivity index (χ4n) is 2.21. The lowest BCUT2D eigenvalue weighted by atomic mass is 9.89. The van der Waals surface area contributed by atoms with E-state index in [1.165, 1.54) is 17.1 Å². The first-order valence-electron chi connectivity index (χ1n) is 5.60. The van der Waals surface area contributed by atoms with Crippen molar-refractivity contribution in [1.29, 1.82) is 0 Å². The van der Waals surface area contributed by atoms with Crippen LogP contribution in [0.1, 0.15) is 23.6 Å². The highest BCUT2D eigenvalue weighted by Crippen LogP contribution is 2.32. The lowest BCUT2D eigenvalue weighted by Gasteiger charge is -2.32. The molecular formula is C13H13FN2O2. The maximum Gasteiger partial charge on any atom is 0.173 e. The number of aryl methyl sites for hydroxylation is 1. The Kier molecular flexibility index (Phi) is 3.39. The monoisotopic (exact) mass is 248 g/mol. The Morgan fingerprint density at radius 1 is 1.50 bits per heavy atom. The van der Waals surface area contributed by atoms with Crippen molar-refractivity contribution < 1.29 is 14.0 Å². The number of benzene rings is 1. The van der Waals surface area contributed by atoms with Gasteiger partial charge in [0.1, 0.15) is 17.3 Å². The highest BCUT2D eigenvalue weighted by Gasteiger charge is 2.33. The molecule has 1 fully saturated rings. The molecule has 2 N–H and O–H groups in total. The van der Waals surface area contributed by atoms with Crippen LogP contribution in [0.25, 0.3) is 0 Å². The molecule has 0 radical (unpaired) electrons. The second kappa shape index (κ2) is 4.82. The minimum absolute atomic E-state index is 0.0125. The predicted octanol–water partition coefficient (Wildman–Crippen LogP) is 1.08. The third-order valence-corrected chi connectivity index (χ3v) is 3.14. The number of nitrogens with zero attached hydrogens (tertiary/aromatic N) is 1. The number of hydrogen-bond acceptors (Lipinski definition) is 4. The van der Waals surface area contributed by atoms with Crippen molar-refractivity contribution in [2.45, 2.75) is 19.4 Å². The lowest BCUT2D eigenvalue weighted by Crippen LogP contribution is -2.43. The number of carbonyl (C=O) groups excluding carboxylic acids is 2. The Morgan fingerprint density at radius 2 is 2.22 bits per heavy atom. The van der Waals surface area contributed by atoms with E-state index in [9.17, 15) is 14.0 Å². The van der Waals surface area contributed by atoms with Gasteiger partial charge in [0.15, 0.2) is 5.78 Å². The lowest BCUT2D eigenvalue weighted by molar-refractivity contribution is -0.118. The van der Waals surface area contributed by atoms with Crippen molar-refractivity contribution in [2.24, 2.45) is 5.84 Å². The van der Waals surface area contributed by atoms with Gasteiger partial charge >= 0.3 is 0 Å². The minimum Gasteiger partial charge on any atom is -0.294 e. The third kappa shape index (κ3) is 2.11. The summed E-state index contributed by atoms with van der Waals surface area (Å²) in [5.74, 6) is 6.90. The van der Waals surface area contributed by atoms with Crippen LogP contribution in [0.2, 0.25) is 0 Å². The second-order valence-corrected chi connectivity index (χ2v) is 4.33. The molecule has 0 aliphatic carbocycles. The van der Waals surface area contributed by atoms with Gasteiger partial charge in [-0.1, -0.05) is 6.07 Å². The summed E-state index contributed by atoms with van der Waals surface area (Å²) in [5, 5.41) is 1.42. The minimum atomic E-state index is -0.635. The molecule has 0 saturated carbocycles. The number of hydrazine groups is 1. The fourth-order valence-corrected chi connectivity index (χ4v) is 2.21. The standard InChI is InChI=1S/C13H13FN2O2/c1-8-6-9(14)2-3-10(8)13-11(7-17)12(18)4-5-16(13)15/h2-3,6,13H,4-5,15H2,1H3. The summed E-state index contributed by atoms with van der Waals surface area (Å²) in [6.07, 6.45) is 0.206. The van der Waals surface area contributed by atoms with Crippen LogP contribution < -0.4 is 5.84 Å². The van der Waals surface area contributed by atoms with Gasteiger partial charge in [-0.25, -0.2) is 14.2 Å². The molecule has 0 bridgehead atoms. The van der Waals surface area contributed by atoms with E-state index in [1.807, 2.05) is 0 Å². The summed E-state index contributed by atoms with van der Waals surface area (Å²) in [6, 6.07) is 3.55. The normalized spacial score (nSPS) is 20.9. The summed E-state index contributed by atoms with van der Waals surface area (Å²) < 4.78 is 13.1. The largest absolute Gasteiger partial charge is 0.294 e. The highest BCUT2D eigenvalue weighted by atomic mass is 19.1. The third-order valence-electron chi connectivity index (χ3n) is 3.14. The average Bonchev–Trinajstić information content (AvgIpc) is 2.33. The van der Waals surface area contributed by atoms with Crippen LogP contribution in [0.5, 0.6) is 0 Å². The van der Waals surface area contributed by atoms with E-state index >= 15 is 0 Å². The molecule has 1 atom stereocenters. The first kappa shape index (κ1) is 12.6. The maximum atomic E-state index is 13.1. The Balaban J connectivity index is 2.52. The Morgan fingerprint density at radius 3 is 2.83 bits per heavy atom. The van der Waals surface area contributed by atoms with Gasteiger partial charge in [0, 0.05) is 13.0 Å². The molecule has 0 aromatic heterocycles. The number of halogens is 1. The van der Waals surface area contributed by atoms with Crippen molar-refractivity contribution in [1.82, 2.24) is 5.01 Å². The van der Waals surface area contributed by atoms with E-state index in [4.69, 9.17) is 5.84 Å². The van der Waals surface area contributed by atoms with E-state index in [0.717, 1.165) is 0 Å². The zero-order chi connectivity index (χ0) is 13.3. The number of Topliss-reactive ketones (excluding diaryl/α,β-unsaturated/α-hetero) is 1. The van der Waals surface area contributed by atoms with Crippen LogP contribution in [0.15, 0.2) is 23.8 Å². The van der Waals surface area contributed by atoms with Crippen LogP contribution >= 0.6 is 0 Å². The summed E-state index contributed by atoms with van der Waals surface area (Å²) in [4.78, 5) is 22.6. The van der Waals surface area contributed by atoms with E-state index in [0.29, 0.717) is 17.7 Å². The molecule has 0 amide bonds. The van der Waals surface area contributed by atoms with Crippen LogP contribution in [-0.2, 0) is 9.59 Å². The smallest absolute Gasteiger partial charge is 0.173 e. The average molecular weight is 248 g/mol. The first-order chi connectivity index (χ1) is 8.54. The molecule has 18 heavy (non-hydrogen) atoms. The summed E-state index contributed by atoms with van der Waals surface area (Å²) >= 11 is 0. The van der Waals surface area contributed by atoms with Gasteiger partial charge in [0.2, 0.25) is 0 Å². The molecule has 94 valence electrons. The number of carbonyl (C=O) groups is 1. The van der Waals surface area contributed by atoms with Crippen LogP contribution in [0.3, 0.4) is 0 Å². The van der Waals surface area contributed by atoms with Gasteiger partial charge in [-0.2, -0.15) is 0 Å². The number of hydrogen-bond donors (Lipinski definition) is 1. The fraction of sp³-hybridized carbons (Fsp3) is 0.308. The maximum absolute atomic E-state index is 13.1. The van der Waals surface area contributed by atoms with E-state index in [1.54, 1.807) is 18.9 Å². The number of rotatable bonds is 1. The van der Waals surface area contributed by atoms with Crippen LogP contribution in [-0.4, -0.2) is 23.3 Å². The summed E-state index contributed by atoms with van der Waals surface area (Å²) in [7, 11) is 0. The van der Waals surface area contributed by atoms with E-state index in [-0.39, 0.29) is 23.6 Å². The topological polar surface area (TPSA) is 63.4 Å². The van der Waals surface area contributed by atoms with Gasteiger partial charge in [0.25, 0.3) is 0 Å². The SMILES string of the molecule is Cc1cc(F)ccc1C1C(=C=O)C(=O)CCN1N. The molecule has 1 aromatic carbocycles. The van der Waals surface area contributed by atoms with Crippen molar-refractivity contribution in [3.63, 3.8) is 0 Å². The van der Waals surface area contributed by atoms with Gasteiger partial charge in [-0.15, -0.1) is 0 Å². The molecule has 1 unspecified atom stereocenters. The van der Waals surface area contributed by atoms with Crippen molar-refractivity contribution in [2.75, 3.05) is 6.54 Å². The zero-order valence-corrected chi connectivity index (χ0v) is 9.94. The van der Waals surface area contributed by atoms with Crippen molar-refractivity contribution in [3.05, 3.63) is 40.7 Å². The Labute approximate surface area is 104 Å². The molecule has 5 heteroatoms. The molecule has 4 nitrogen and oxygen atoms in total. The van der Waals surface area contributed by atoms with Crippen molar-refractivity contribution in [3.8, 4) is 0 Å². The van der Waals surface area contributed by atoms with Crippen molar-refractivity contribution >= 4 is 11.7 Å². The molecule has 1 aromatic rings. The molecule has 1 aliphatic rings. The highest BCUT2D eigenvalue weighted by molar-refractivity contribution is 6.04. The number of ketones is 1. The Hall–Kier alpha value is -1.81. The van der Waals surface area contributed by atoms with Gasteiger partial charge in [-0.05, 0) is 30.2 Å². The van der Waals surface area contributed by atoms with Gasteiger partial charge in [0.05, 0.1) is 6.04 Å². The predicted molar refractivity (Wildman–Crippen MR) is 63.6 cm³/mol. The summed E-state index contributed by atoms with van der Waals surface area (Å²) in [5.41, 5.74) is 1.32. The van der Waals surface area contributed by atoms with Crippen LogP contribution in [0, 0.1) is 12.7 Å². The summed E-state index contributed by atoms with van der Waals surface area (Å²) in [6.45, 7) is 2.08. The quantitative estimate of drug-likeness (QED) is 0.459. The first-order valence-corrected chi connectivity index (χ1v) is 5.60. The number of piperidine rings is 1. The zero-order valence-electron chi connectivity index (χ0n) is 9.94. The van der Waals surface area contributed by atoms with E-state index < -0.39 is 6.04 Å². The number of nitrogens with two attached hydrogens (primary N) is 1. The second-order valence-electron chi connectivity index (χ2n) is 4.33. The Bertz CT molecular complexity index is 550. The van der Waals surface area contributed by atoms with Gasteiger partial charge in [-0.3, -0.25) is 10.6 Å². The molecule has 0 spiro atoms. The molecule has 1 aliphatic heterocycles. The molecular weight excluding hydrogens is 235 g/mol. The molecule has 2 rings (SSSR count). The van der Waals surface area contributed by atoms with E-state index in [2.05, 4.69) is 0 Å². The van der Waals surface area contributed by atoms with Gasteiger partial charge < -0.3 is 0 Å². The molecule has 1 heterocycles.